The molecule has 2 atom stereocenters. The van der Waals surface area contributed by atoms with E-state index in [4.69, 9.17) is 10.5 Å². The van der Waals surface area contributed by atoms with Gasteiger partial charge in [-0.1, -0.05) is 15.9 Å². The maximum absolute atomic E-state index is 13.6. The maximum atomic E-state index is 13.6. The molecule has 1 heterocycles. The average Bonchev–Trinajstić information content (AvgIpc) is 2.42. The highest BCUT2D eigenvalue weighted by Crippen LogP contribution is 2.20. The van der Waals surface area contributed by atoms with Gasteiger partial charge in [0.05, 0.1) is 6.10 Å². The van der Waals surface area contributed by atoms with Gasteiger partial charge in [-0.3, -0.25) is 0 Å². The van der Waals surface area contributed by atoms with Crippen LogP contribution < -0.4 is 5.73 Å². The lowest BCUT2D eigenvalue weighted by Crippen LogP contribution is -2.27. The third-order valence-electron chi connectivity index (χ3n) is 3.62. The van der Waals surface area contributed by atoms with Gasteiger partial charge in [-0.05, 0) is 62.3 Å². The molecule has 0 aromatic heterocycles. The summed E-state index contributed by atoms with van der Waals surface area (Å²) in [5, 5.41) is 0. The van der Waals surface area contributed by atoms with E-state index in [1.54, 1.807) is 6.07 Å². The van der Waals surface area contributed by atoms with Crippen LogP contribution in [0.15, 0.2) is 22.7 Å². The molecule has 0 spiro atoms. The fraction of sp³-hybridized carbons (Fsp3) is 0.600. The van der Waals surface area contributed by atoms with Crippen LogP contribution in [0.2, 0.25) is 0 Å². The summed E-state index contributed by atoms with van der Waals surface area (Å²) in [4.78, 5) is 0. The van der Waals surface area contributed by atoms with Gasteiger partial charge < -0.3 is 10.5 Å². The zero-order chi connectivity index (χ0) is 13.7. The lowest BCUT2D eigenvalue weighted by atomic mass is 9.98. The highest BCUT2D eigenvalue weighted by Gasteiger charge is 2.16. The second-order valence-corrected chi connectivity index (χ2v) is 6.18. The lowest BCUT2D eigenvalue weighted by molar-refractivity contribution is 0.00915. The number of hydrogen-bond acceptors (Lipinski definition) is 2. The van der Waals surface area contributed by atoms with E-state index < -0.39 is 0 Å². The standard InChI is InChI=1S/C15H21BrFNO/c16-12-4-7-15(17)11(9-12)10-13(18)5-6-14-3-1-2-8-19-14/h4,7,9,13-14H,1-3,5-6,8,10,18H2. The highest BCUT2D eigenvalue weighted by atomic mass is 79.9. The van der Waals surface area contributed by atoms with Crippen LogP contribution in [0, 0.1) is 5.82 Å². The fourth-order valence-electron chi connectivity index (χ4n) is 2.52. The molecular weight excluding hydrogens is 309 g/mol. The molecule has 106 valence electrons. The van der Waals surface area contributed by atoms with Crippen molar-refractivity contribution in [3.8, 4) is 0 Å². The van der Waals surface area contributed by atoms with Gasteiger partial charge in [-0.2, -0.15) is 0 Å². The molecule has 4 heteroatoms. The molecule has 0 aliphatic carbocycles. The Morgan fingerprint density at radius 2 is 2.26 bits per heavy atom. The Balaban J connectivity index is 1.80. The van der Waals surface area contributed by atoms with Crippen LogP contribution in [-0.4, -0.2) is 18.8 Å². The van der Waals surface area contributed by atoms with E-state index in [-0.39, 0.29) is 11.9 Å². The average molecular weight is 330 g/mol. The Hall–Kier alpha value is -0.450. The minimum absolute atomic E-state index is 0.00525. The second kappa shape index (κ2) is 7.36. The first-order valence-electron chi connectivity index (χ1n) is 6.96. The van der Waals surface area contributed by atoms with E-state index >= 15 is 0 Å². The summed E-state index contributed by atoms with van der Waals surface area (Å²) in [5.41, 5.74) is 6.79. The molecule has 0 radical (unpaired) electrons. The minimum Gasteiger partial charge on any atom is -0.378 e. The van der Waals surface area contributed by atoms with Crippen LogP contribution in [0.5, 0.6) is 0 Å². The summed E-state index contributed by atoms with van der Waals surface area (Å²) in [6.07, 6.45) is 6.36. The normalized spacial score (nSPS) is 21.3. The first-order valence-corrected chi connectivity index (χ1v) is 7.75. The smallest absolute Gasteiger partial charge is 0.126 e. The van der Waals surface area contributed by atoms with Crippen LogP contribution in [0.1, 0.15) is 37.7 Å². The predicted octanol–water partition coefficient (Wildman–Crippen LogP) is 3.81. The van der Waals surface area contributed by atoms with Gasteiger partial charge in [0.15, 0.2) is 0 Å². The molecular formula is C15H21BrFNO. The molecule has 2 unspecified atom stereocenters. The Kier molecular flexibility index (Phi) is 5.79. The number of benzene rings is 1. The topological polar surface area (TPSA) is 35.2 Å². The summed E-state index contributed by atoms with van der Waals surface area (Å²) < 4.78 is 20.2. The van der Waals surface area contributed by atoms with Crippen LogP contribution in [0.4, 0.5) is 4.39 Å². The quantitative estimate of drug-likeness (QED) is 0.891. The van der Waals surface area contributed by atoms with Gasteiger partial charge in [-0.25, -0.2) is 4.39 Å². The predicted molar refractivity (Wildman–Crippen MR) is 78.6 cm³/mol. The molecule has 1 fully saturated rings. The van der Waals surface area contributed by atoms with Crippen LogP contribution in [0.3, 0.4) is 0 Å². The molecule has 1 aromatic rings. The largest absolute Gasteiger partial charge is 0.378 e. The SMILES string of the molecule is NC(CCC1CCCCO1)Cc1cc(Br)ccc1F. The van der Waals surface area contributed by atoms with Crippen molar-refractivity contribution in [2.24, 2.45) is 5.73 Å². The van der Waals surface area contributed by atoms with Crippen LogP contribution in [0.25, 0.3) is 0 Å². The molecule has 0 bridgehead atoms. The zero-order valence-electron chi connectivity index (χ0n) is 11.1. The van der Waals surface area contributed by atoms with Gasteiger partial charge in [0.2, 0.25) is 0 Å². The number of nitrogens with two attached hydrogens (primary N) is 1. The summed E-state index contributed by atoms with van der Waals surface area (Å²) >= 11 is 3.36. The van der Waals surface area contributed by atoms with E-state index in [1.807, 2.05) is 6.07 Å². The molecule has 1 aromatic carbocycles. The van der Waals surface area contributed by atoms with E-state index in [2.05, 4.69) is 15.9 Å². The first kappa shape index (κ1) is 14.9. The van der Waals surface area contributed by atoms with Gasteiger partial charge in [-0.15, -0.1) is 0 Å². The van der Waals surface area contributed by atoms with Gasteiger partial charge >= 0.3 is 0 Å². The first-order chi connectivity index (χ1) is 9.15. The van der Waals surface area contributed by atoms with Crippen LogP contribution >= 0.6 is 15.9 Å². The molecule has 1 aliphatic rings. The van der Waals surface area contributed by atoms with Crippen molar-refractivity contribution in [3.05, 3.63) is 34.1 Å². The van der Waals surface area contributed by atoms with Crippen LogP contribution in [-0.2, 0) is 11.2 Å². The molecule has 0 amide bonds. The lowest BCUT2D eigenvalue weighted by Gasteiger charge is -2.23. The number of ether oxygens (including phenoxy) is 1. The van der Waals surface area contributed by atoms with E-state index in [0.717, 1.165) is 30.3 Å². The number of halogens is 2. The molecule has 19 heavy (non-hydrogen) atoms. The number of rotatable bonds is 5. The van der Waals surface area contributed by atoms with Crippen molar-refractivity contribution in [1.82, 2.24) is 0 Å². The summed E-state index contributed by atoms with van der Waals surface area (Å²) in [6, 6.07) is 5.00. The molecule has 1 aliphatic heterocycles. The zero-order valence-corrected chi connectivity index (χ0v) is 12.7. The third-order valence-corrected chi connectivity index (χ3v) is 4.12. The van der Waals surface area contributed by atoms with Crippen molar-refractivity contribution < 1.29 is 9.13 Å². The van der Waals surface area contributed by atoms with Crippen molar-refractivity contribution in [1.29, 1.82) is 0 Å². The Morgan fingerprint density at radius 1 is 1.42 bits per heavy atom. The summed E-state index contributed by atoms with van der Waals surface area (Å²) in [5.74, 6) is -0.174. The summed E-state index contributed by atoms with van der Waals surface area (Å²) in [6.45, 7) is 0.875. The van der Waals surface area contributed by atoms with Crippen molar-refractivity contribution in [2.75, 3.05) is 6.61 Å². The number of hydrogen-bond donors (Lipinski definition) is 1. The maximum Gasteiger partial charge on any atom is 0.126 e. The van der Waals surface area contributed by atoms with E-state index in [1.165, 1.54) is 18.9 Å². The third kappa shape index (κ3) is 4.86. The Bertz CT molecular complexity index is 407. The van der Waals surface area contributed by atoms with Gasteiger partial charge in [0, 0.05) is 17.1 Å². The van der Waals surface area contributed by atoms with Crippen molar-refractivity contribution >= 4 is 15.9 Å². The second-order valence-electron chi connectivity index (χ2n) is 5.27. The fourth-order valence-corrected chi connectivity index (χ4v) is 2.93. The molecule has 2 N–H and O–H groups in total. The van der Waals surface area contributed by atoms with Gasteiger partial charge in [0.1, 0.15) is 5.82 Å². The minimum atomic E-state index is -0.174. The van der Waals surface area contributed by atoms with E-state index in [9.17, 15) is 4.39 Å². The molecule has 0 saturated carbocycles. The highest BCUT2D eigenvalue weighted by molar-refractivity contribution is 9.10. The Morgan fingerprint density at radius 3 is 3.00 bits per heavy atom. The monoisotopic (exact) mass is 329 g/mol. The molecule has 1 saturated heterocycles. The van der Waals surface area contributed by atoms with Crippen molar-refractivity contribution in [2.45, 2.75) is 50.7 Å². The molecule has 2 nitrogen and oxygen atoms in total. The Labute approximate surface area is 122 Å². The van der Waals surface area contributed by atoms with E-state index in [0.29, 0.717) is 18.1 Å². The summed E-state index contributed by atoms with van der Waals surface area (Å²) in [7, 11) is 0. The van der Waals surface area contributed by atoms with Crippen molar-refractivity contribution in [3.63, 3.8) is 0 Å². The van der Waals surface area contributed by atoms with Gasteiger partial charge in [0.25, 0.3) is 0 Å². The molecule has 2 rings (SSSR count).